The molecule has 0 saturated carbocycles. The van der Waals surface area contributed by atoms with Crippen molar-refractivity contribution in [1.29, 1.82) is 0 Å². The molecule has 1 atom stereocenters. The van der Waals surface area contributed by atoms with Crippen LogP contribution >= 0.6 is 0 Å². The lowest BCUT2D eigenvalue weighted by Gasteiger charge is -2.43. The van der Waals surface area contributed by atoms with Crippen LogP contribution in [0.2, 0.25) is 0 Å². The molecule has 2 aromatic rings. The van der Waals surface area contributed by atoms with Gasteiger partial charge in [0.25, 0.3) is 0 Å². The number of piperazine rings is 1. The minimum Gasteiger partial charge on any atom is -0.396 e. The van der Waals surface area contributed by atoms with Gasteiger partial charge in [-0.25, -0.2) is 0 Å². The standard InChI is InChI=1S/C22H31N3O/c1-22(2,17-26)21(25-14-12-23-13-15-25)19-8-10-20(11-9-19)24-16-18-6-4-3-5-7-18/h3-11,21,23-24,26H,12-17H2,1-2H3/t21-/m1/s1. The summed E-state index contributed by atoms with van der Waals surface area (Å²) < 4.78 is 0. The molecule has 4 heteroatoms. The van der Waals surface area contributed by atoms with E-state index in [1.54, 1.807) is 0 Å². The normalized spacial score (nSPS) is 17.0. The van der Waals surface area contributed by atoms with Crippen molar-refractivity contribution >= 4 is 5.69 Å². The van der Waals surface area contributed by atoms with Crippen molar-refractivity contribution in [3.8, 4) is 0 Å². The number of nitrogens with one attached hydrogen (secondary N) is 2. The Morgan fingerprint density at radius 3 is 2.31 bits per heavy atom. The molecule has 4 nitrogen and oxygen atoms in total. The minimum absolute atomic E-state index is 0.176. The largest absolute Gasteiger partial charge is 0.396 e. The SMILES string of the molecule is CC(C)(CO)[C@@H](c1ccc(NCc2ccccc2)cc1)N1CCNCC1. The maximum Gasteiger partial charge on any atom is 0.0500 e. The highest BCUT2D eigenvalue weighted by Gasteiger charge is 2.35. The van der Waals surface area contributed by atoms with Crippen LogP contribution in [0.1, 0.15) is 31.0 Å². The number of aliphatic hydroxyl groups is 1. The molecule has 2 aromatic carbocycles. The molecule has 1 heterocycles. The monoisotopic (exact) mass is 353 g/mol. The van der Waals surface area contributed by atoms with Crippen molar-refractivity contribution in [3.05, 3.63) is 65.7 Å². The summed E-state index contributed by atoms with van der Waals surface area (Å²) in [6.07, 6.45) is 0. The molecule has 0 aromatic heterocycles. The average Bonchev–Trinajstić information content (AvgIpc) is 2.69. The second-order valence-electron chi connectivity index (χ2n) is 7.80. The third-order valence-corrected chi connectivity index (χ3v) is 5.23. The van der Waals surface area contributed by atoms with Gasteiger partial charge in [0.05, 0.1) is 0 Å². The first-order valence-corrected chi connectivity index (χ1v) is 9.53. The van der Waals surface area contributed by atoms with Gasteiger partial charge in [0, 0.05) is 56.5 Å². The Bertz CT molecular complexity index is 664. The molecule has 26 heavy (non-hydrogen) atoms. The molecule has 0 radical (unpaired) electrons. The van der Waals surface area contributed by atoms with Gasteiger partial charge in [-0.15, -0.1) is 0 Å². The lowest BCUT2D eigenvalue weighted by Crippen LogP contribution is -2.49. The number of benzene rings is 2. The molecular formula is C22H31N3O. The molecule has 0 aliphatic carbocycles. The fraction of sp³-hybridized carbons (Fsp3) is 0.455. The van der Waals surface area contributed by atoms with Crippen molar-refractivity contribution in [2.45, 2.75) is 26.4 Å². The average molecular weight is 354 g/mol. The Kier molecular flexibility index (Phi) is 6.30. The highest BCUT2D eigenvalue weighted by molar-refractivity contribution is 5.46. The molecule has 0 bridgehead atoms. The second kappa shape index (κ2) is 8.67. The van der Waals surface area contributed by atoms with E-state index in [0.717, 1.165) is 38.4 Å². The number of anilines is 1. The molecular weight excluding hydrogens is 322 g/mol. The van der Waals surface area contributed by atoms with Gasteiger partial charge in [0.15, 0.2) is 0 Å². The van der Waals surface area contributed by atoms with Crippen molar-refractivity contribution in [2.24, 2.45) is 5.41 Å². The van der Waals surface area contributed by atoms with Crippen LogP contribution in [0.5, 0.6) is 0 Å². The number of rotatable bonds is 7. The first-order chi connectivity index (χ1) is 12.6. The zero-order valence-electron chi connectivity index (χ0n) is 15.9. The van der Waals surface area contributed by atoms with E-state index in [-0.39, 0.29) is 18.1 Å². The van der Waals surface area contributed by atoms with Crippen molar-refractivity contribution in [2.75, 3.05) is 38.1 Å². The van der Waals surface area contributed by atoms with E-state index >= 15 is 0 Å². The summed E-state index contributed by atoms with van der Waals surface area (Å²) in [5.74, 6) is 0. The molecule has 140 valence electrons. The molecule has 1 aliphatic heterocycles. The summed E-state index contributed by atoms with van der Waals surface area (Å²) in [6, 6.07) is 19.4. The van der Waals surface area contributed by atoms with Gasteiger partial charge in [-0.3, -0.25) is 4.90 Å². The molecule has 1 saturated heterocycles. The molecule has 3 rings (SSSR count). The van der Waals surface area contributed by atoms with E-state index in [4.69, 9.17) is 0 Å². The van der Waals surface area contributed by atoms with Crippen LogP contribution in [0.4, 0.5) is 5.69 Å². The molecule has 0 unspecified atom stereocenters. The molecule has 1 fully saturated rings. The fourth-order valence-electron chi connectivity index (χ4n) is 3.77. The summed E-state index contributed by atoms with van der Waals surface area (Å²) >= 11 is 0. The third kappa shape index (κ3) is 4.64. The maximum atomic E-state index is 9.97. The minimum atomic E-state index is -0.184. The van der Waals surface area contributed by atoms with Crippen LogP contribution in [0.15, 0.2) is 54.6 Å². The highest BCUT2D eigenvalue weighted by Crippen LogP contribution is 2.38. The van der Waals surface area contributed by atoms with E-state index in [1.165, 1.54) is 11.1 Å². The fourth-order valence-corrected chi connectivity index (χ4v) is 3.77. The lowest BCUT2D eigenvalue weighted by atomic mass is 9.79. The van der Waals surface area contributed by atoms with Gasteiger partial charge in [-0.05, 0) is 23.3 Å². The van der Waals surface area contributed by atoms with Crippen molar-refractivity contribution < 1.29 is 5.11 Å². The number of hydrogen-bond donors (Lipinski definition) is 3. The Balaban J connectivity index is 1.73. The highest BCUT2D eigenvalue weighted by atomic mass is 16.3. The van der Waals surface area contributed by atoms with Crippen molar-refractivity contribution in [1.82, 2.24) is 10.2 Å². The number of aliphatic hydroxyl groups excluding tert-OH is 1. The van der Waals surface area contributed by atoms with Crippen LogP contribution in [-0.2, 0) is 6.54 Å². The number of hydrogen-bond acceptors (Lipinski definition) is 4. The van der Waals surface area contributed by atoms with Crippen LogP contribution in [0, 0.1) is 5.41 Å². The number of nitrogens with zero attached hydrogens (tertiary/aromatic N) is 1. The van der Waals surface area contributed by atoms with E-state index < -0.39 is 0 Å². The molecule has 0 amide bonds. The summed E-state index contributed by atoms with van der Waals surface area (Å²) in [7, 11) is 0. The Morgan fingerprint density at radius 1 is 1.04 bits per heavy atom. The quantitative estimate of drug-likeness (QED) is 0.715. The van der Waals surface area contributed by atoms with Crippen LogP contribution < -0.4 is 10.6 Å². The van der Waals surface area contributed by atoms with Gasteiger partial charge in [-0.2, -0.15) is 0 Å². The van der Waals surface area contributed by atoms with Crippen LogP contribution in [-0.4, -0.2) is 42.8 Å². The smallest absolute Gasteiger partial charge is 0.0500 e. The Labute approximate surface area is 157 Å². The predicted molar refractivity (Wildman–Crippen MR) is 108 cm³/mol. The van der Waals surface area contributed by atoms with E-state index in [2.05, 4.69) is 77.9 Å². The third-order valence-electron chi connectivity index (χ3n) is 5.23. The van der Waals surface area contributed by atoms with E-state index in [9.17, 15) is 5.11 Å². The van der Waals surface area contributed by atoms with E-state index in [0.29, 0.717) is 0 Å². The summed E-state index contributed by atoms with van der Waals surface area (Å²) in [5, 5.41) is 16.9. The molecule has 3 N–H and O–H groups in total. The summed E-state index contributed by atoms with van der Waals surface area (Å²) in [5.41, 5.74) is 3.49. The van der Waals surface area contributed by atoms with Crippen LogP contribution in [0.3, 0.4) is 0 Å². The van der Waals surface area contributed by atoms with Gasteiger partial charge in [0.2, 0.25) is 0 Å². The van der Waals surface area contributed by atoms with Crippen LogP contribution in [0.25, 0.3) is 0 Å². The lowest BCUT2D eigenvalue weighted by molar-refractivity contribution is 0.0305. The van der Waals surface area contributed by atoms with Gasteiger partial charge in [-0.1, -0.05) is 56.3 Å². The van der Waals surface area contributed by atoms with Gasteiger partial charge in [0.1, 0.15) is 0 Å². The summed E-state index contributed by atoms with van der Waals surface area (Å²) in [4.78, 5) is 2.50. The first-order valence-electron chi connectivity index (χ1n) is 9.53. The maximum absolute atomic E-state index is 9.97. The summed E-state index contributed by atoms with van der Waals surface area (Å²) in [6.45, 7) is 9.36. The van der Waals surface area contributed by atoms with Gasteiger partial charge < -0.3 is 15.7 Å². The Morgan fingerprint density at radius 2 is 1.69 bits per heavy atom. The first kappa shape index (κ1) is 18.9. The van der Waals surface area contributed by atoms with E-state index in [1.807, 2.05) is 6.07 Å². The second-order valence-corrected chi connectivity index (χ2v) is 7.80. The van der Waals surface area contributed by atoms with Crippen molar-refractivity contribution in [3.63, 3.8) is 0 Å². The zero-order valence-corrected chi connectivity index (χ0v) is 15.9. The van der Waals surface area contributed by atoms with Gasteiger partial charge >= 0.3 is 0 Å². The topological polar surface area (TPSA) is 47.5 Å². The molecule has 0 spiro atoms. The predicted octanol–water partition coefficient (Wildman–Crippen LogP) is 3.26. The zero-order chi connectivity index (χ0) is 18.4. The Hall–Kier alpha value is -1.88. The molecule has 1 aliphatic rings.